The number of aliphatic hydroxyl groups is 1. The molecule has 2 saturated heterocycles. The molecule has 2 unspecified atom stereocenters. The van der Waals surface area contributed by atoms with Crippen molar-refractivity contribution in [3.63, 3.8) is 0 Å². The molecule has 0 aromatic heterocycles. The van der Waals surface area contributed by atoms with E-state index in [1.807, 2.05) is 6.92 Å². The van der Waals surface area contributed by atoms with Gasteiger partial charge in [-0.1, -0.05) is 53.7 Å². The minimum Gasteiger partial charge on any atom is -0.389 e. The molecule has 2 nitrogen and oxygen atoms in total. The van der Waals surface area contributed by atoms with Crippen molar-refractivity contribution in [3.8, 4) is 0 Å². The second-order valence-corrected chi connectivity index (χ2v) is 14.4. The monoisotopic (exact) mass is 442 g/mol. The summed E-state index contributed by atoms with van der Waals surface area (Å²) in [5, 5.41) is 10.3. The molecule has 0 amide bonds. The van der Waals surface area contributed by atoms with Crippen LogP contribution in [0.15, 0.2) is 12.2 Å². The fourth-order valence-electron chi connectivity index (χ4n) is 10.9. The van der Waals surface area contributed by atoms with E-state index in [1.54, 1.807) is 0 Å². The molecule has 5 rings (SSSR count). The maximum atomic E-state index is 10.3. The van der Waals surface area contributed by atoms with Crippen LogP contribution in [0.3, 0.4) is 0 Å². The Morgan fingerprint density at radius 2 is 1.53 bits per heavy atom. The number of hydrogen-bond acceptors (Lipinski definition) is 2. The quantitative estimate of drug-likeness (QED) is 0.445. The summed E-state index contributed by atoms with van der Waals surface area (Å²) >= 11 is 0. The summed E-state index contributed by atoms with van der Waals surface area (Å²) in [5.41, 5.74) is 2.58. The van der Waals surface area contributed by atoms with E-state index in [4.69, 9.17) is 4.74 Å². The Hall–Kier alpha value is -0.340. The van der Waals surface area contributed by atoms with Gasteiger partial charge in [0.15, 0.2) is 0 Å². The molecule has 2 bridgehead atoms. The SMILES string of the molecule is C=C(C)[C@H](O)CC[C@@H](C)[C@H]1CC[C@@]2(C)[C@@H]3CC[C@@H]4C(C)(C)C5CCC4(O5)[C@@]3(C)CC[C@]12C. The van der Waals surface area contributed by atoms with Gasteiger partial charge < -0.3 is 9.84 Å². The average Bonchev–Trinajstić information content (AvgIpc) is 3.35. The third-order valence-electron chi connectivity index (χ3n) is 13.1. The summed E-state index contributed by atoms with van der Waals surface area (Å²) < 4.78 is 7.10. The first-order chi connectivity index (χ1) is 14.8. The van der Waals surface area contributed by atoms with Crippen LogP contribution in [0, 0.1) is 45.3 Å². The van der Waals surface area contributed by atoms with Gasteiger partial charge in [0.2, 0.25) is 0 Å². The van der Waals surface area contributed by atoms with Crippen LogP contribution in [0.25, 0.3) is 0 Å². The molecule has 2 heterocycles. The predicted molar refractivity (Wildman–Crippen MR) is 132 cm³/mol. The molecule has 0 radical (unpaired) electrons. The third kappa shape index (κ3) is 2.66. The fraction of sp³-hybridized carbons (Fsp3) is 0.933. The van der Waals surface area contributed by atoms with Crippen molar-refractivity contribution in [2.45, 2.75) is 130 Å². The number of aliphatic hydroxyl groups excluding tert-OH is 1. The number of ether oxygens (including phenoxy) is 1. The van der Waals surface area contributed by atoms with Gasteiger partial charge in [0.1, 0.15) is 0 Å². The zero-order valence-corrected chi connectivity index (χ0v) is 22.1. The minimum atomic E-state index is -0.333. The topological polar surface area (TPSA) is 29.5 Å². The normalized spacial score (nSPS) is 52.8. The highest BCUT2D eigenvalue weighted by Gasteiger charge is 2.76. The fourth-order valence-corrected chi connectivity index (χ4v) is 10.9. The van der Waals surface area contributed by atoms with Crippen LogP contribution < -0.4 is 0 Å². The van der Waals surface area contributed by atoms with Crippen LogP contribution in [-0.2, 0) is 4.74 Å². The Morgan fingerprint density at radius 3 is 2.22 bits per heavy atom. The van der Waals surface area contributed by atoms with Gasteiger partial charge in [0.05, 0.1) is 17.8 Å². The largest absolute Gasteiger partial charge is 0.389 e. The molecule has 0 aromatic carbocycles. The van der Waals surface area contributed by atoms with Crippen LogP contribution in [0.5, 0.6) is 0 Å². The molecule has 32 heavy (non-hydrogen) atoms. The van der Waals surface area contributed by atoms with Gasteiger partial charge in [-0.15, -0.1) is 0 Å². The zero-order chi connectivity index (χ0) is 23.3. The van der Waals surface area contributed by atoms with Gasteiger partial charge in [-0.05, 0) is 111 Å². The summed E-state index contributed by atoms with van der Waals surface area (Å²) in [6.45, 7) is 21.4. The van der Waals surface area contributed by atoms with Gasteiger partial charge in [0.25, 0.3) is 0 Å². The Labute approximate surface area is 198 Å². The van der Waals surface area contributed by atoms with E-state index >= 15 is 0 Å². The second kappa shape index (κ2) is 7.09. The third-order valence-corrected chi connectivity index (χ3v) is 13.1. The lowest BCUT2D eigenvalue weighted by Gasteiger charge is -2.68. The highest BCUT2D eigenvalue weighted by atomic mass is 16.5. The molecule has 2 heteroatoms. The van der Waals surface area contributed by atoms with E-state index in [1.165, 1.54) is 51.4 Å². The van der Waals surface area contributed by atoms with Crippen molar-refractivity contribution in [2.75, 3.05) is 0 Å². The van der Waals surface area contributed by atoms with E-state index < -0.39 is 0 Å². The van der Waals surface area contributed by atoms with Crippen LogP contribution >= 0.6 is 0 Å². The predicted octanol–water partition coefficient (Wildman–Crippen LogP) is 7.55. The molecule has 10 atom stereocenters. The summed E-state index contributed by atoms with van der Waals surface area (Å²) in [7, 11) is 0. The first-order valence-corrected chi connectivity index (χ1v) is 13.8. The van der Waals surface area contributed by atoms with Crippen molar-refractivity contribution < 1.29 is 9.84 Å². The summed E-state index contributed by atoms with van der Waals surface area (Å²) in [5.74, 6) is 2.99. The highest BCUT2D eigenvalue weighted by molar-refractivity contribution is 5.25. The van der Waals surface area contributed by atoms with E-state index in [0.717, 1.165) is 36.2 Å². The highest BCUT2D eigenvalue weighted by Crippen LogP contribution is 2.79. The summed E-state index contributed by atoms with van der Waals surface area (Å²) in [6.07, 6.45) is 13.0. The van der Waals surface area contributed by atoms with E-state index in [2.05, 4.69) is 48.1 Å². The first-order valence-electron chi connectivity index (χ1n) is 13.8. The maximum Gasteiger partial charge on any atom is 0.0777 e. The standard InChI is InChI=1S/C30H50O2/c1-19(2)22(31)10-9-20(3)21-13-15-28(7)24-12-11-23-26(4,5)25-14-16-30(23,32-25)29(24,8)18-17-27(21,28)6/h20-25,31H,1,9-18H2,2-8H3/t20-,21-,22-,23-,24+,25?,27-,28+,29+,30?/m1/s1. The molecule has 5 fully saturated rings. The molecule has 5 aliphatic rings. The zero-order valence-electron chi connectivity index (χ0n) is 22.1. The molecule has 1 N–H and O–H groups in total. The van der Waals surface area contributed by atoms with Gasteiger partial charge in [-0.2, -0.15) is 0 Å². The van der Waals surface area contributed by atoms with Crippen LogP contribution in [-0.4, -0.2) is 22.9 Å². The molecular formula is C30H50O2. The van der Waals surface area contributed by atoms with Crippen molar-refractivity contribution >= 4 is 0 Å². The van der Waals surface area contributed by atoms with E-state index in [0.29, 0.717) is 33.7 Å². The van der Waals surface area contributed by atoms with Crippen molar-refractivity contribution in [2.24, 2.45) is 45.3 Å². The molecule has 0 aromatic rings. The molecule has 3 saturated carbocycles. The maximum absolute atomic E-state index is 10.3. The lowest BCUT2D eigenvalue weighted by atomic mass is 9.36. The second-order valence-electron chi connectivity index (χ2n) is 14.4. The van der Waals surface area contributed by atoms with E-state index in [-0.39, 0.29) is 11.7 Å². The number of fused-ring (bicyclic) bond motifs is 4. The smallest absolute Gasteiger partial charge is 0.0777 e. The van der Waals surface area contributed by atoms with Gasteiger partial charge in [-0.25, -0.2) is 0 Å². The van der Waals surface area contributed by atoms with Crippen molar-refractivity contribution in [1.29, 1.82) is 0 Å². The molecule has 2 aliphatic heterocycles. The number of rotatable bonds is 5. The average molecular weight is 443 g/mol. The van der Waals surface area contributed by atoms with Crippen molar-refractivity contribution in [3.05, 3.63) is 12.2 Å². The molecule has 3 aliphatic carbocycles. The van der Waals surface area contributed by atoms with E-state index in [9.17, 15) is 5.11 Å². The number of hydrogen-bond donors (Lipinski definition) is 1. The minimum absolute atomic E-state index is 0.143. The van der Waals surface area contributed by atoms with Crippen LogP contribution in [0.2, 0.25) is 0 Å². The van der Waals surface area contributed by atoms with Gasteiger partial charge >= 0.3 is 0 Å². The Morgan fingerprint density at radius 1 is 0.875 bits per heavy atom. The van der Waals surface area contributed by atoms with Gasteiger partial charge in [-0.3, -0.25) is 0 Å². The lowest BCUT2D eigenvalue weighted by molar-refractivity contribution is -0.230. The Balaban J connectivity index is 1.42. The summed E-state index contributed by atoms with van der Waals surface area (Å²) in [6, 6.07) is 0. The Bertz CT molecular complexity index is 786. The van der Waals surface area contributed by atoms with Gasteiger partial charge in [0, 0.05) is 5.41 Å². The molecule has 182 valence electrons. The molecular weight excluding hydrogens is 392 g/mol. The van der Waals surface area contributed by atoms with Crippen LogP contribution in [0.4, 0.5) is 0 Å². The van der Waals surface area contributed by atoms with Crippen molar-refractivity contribution in [1.82, 2.24) is 0 Å². The lowest BCUT2D eigenvalue weighted by Crippen LogP contribution is -2.66. The Kier molecular flexibility index (Phi) is 5.19. The molecule has 1 spiro atoms. The first kappa shape index (κ1) is 23.4. The van der Waals surface area contributed by atoms with Crippen LogP contribution in [0.1, 0.15) is 113 Å². The summed E-state index contributed by atoms with van der Waals surface area (Å²) in [4.78, 5) is 0.